The molecule has 0 atom stereocenters. The van der Waals surface area contributed by atoms with Gasteiger partial charge in [-0.15, -0.1) is 0 Å². The standard InChI is InChI=1S/C17H25N3O2/c1-5-20(16(21)22-17(2,3)4)15-10-9-13(12-19-15)14-8-6-7-11-18-14/h9-10,12H,5-8,11H2,1-4H3. The Hall–Kier alpha value is -1.91. The van der Waals surface area contributed by atoms with Gasteiger partial charge >= 0.3 is 6.09 Å². The molecule has 120 valence electrons. The highest BCUT2D eigenvalue weighted by molar-refractivity contribution is 6.01. The fourth-order valence-electron chi connectivity index (χ4n) is 2.35. The lowest BCUT2D eigenvalue weighted by molar-refractivity contribution is 0.0581. The Balaban J connectivity index is 2.13. The van der Waals surface area contributed by atoms with Crippen molar-refractivity contribution in [2.24, 2.45) is 4.99 Å². The van der Waals surface area contributed by atoms with Crippen LogP contribution in [-0.4, -0.2) is 35.5 Å². The van der Waals surface area contributed by atoms with Crippen LogP contribution in [0.25, 0.3) is 0 Å². The van der Waals surface area contributed by atoms with Crippen molar-refractivity contribution in [1.82, 2.24) is 4.98 Å². The van der Waals surface area contributed by atoms with E-state index in [4.69, 9.17) is 4.74 Å². The molecular weight excluding hydrogens is 278 g/mol. The number of amides is 1. The Kier molecular flexibility index (Phi) is 5.16. The topological polar surface area (TPSA) is 54.8 Å². The van der Waals surface area contributed by atoms with E-state index in [-0.39, 0.29) is 6.09 Å². The molecule has 1 amide bonds. The van der Waals surface area contributed by atoms with E-state index >= 15 is 0 Å². The van der Waals surface area contributed by atoms with Gasteiger partial charge < -0.3 is 4.74 Å². The van der Waals surface area contributed by atoms with E-state index in [1.54, 1.807) is 6.20 Å². The Morgan fingerprint density at radius 2 is 2.09 bits per heavy atom. The van der Waals surface area contributed by atoms with Crippen LogP contribution in [0.3, 0.4) is 0 Å². The van der Waals surface area contributed by atoms with Crippen LogP contribution in [0.4, 0.5) is 10.6 Å². The lowest BCUT2D eigenvalue weighted by atomic mass is 10.0. The normalized spacial score (nSPS) is 15.2. The number of hydrogen-bond donors (Lipinski definition) is 0. The predicted octanol–water partition coefficient (Wildman–Crippen LogP) is 3.82. The van der Waals surface area contributed by atoms with Crippen molar-refractivity contribution in [3.05, 3.63) is 23.9 Å². The molecule has 0 N–H and O–H groups in total. The first-order valence-electron chi connectivity index (χ1n) is 7.91. The van der Waals surface area contributed by atoms with Crippen LogP contribution in [0, 0.1) is 0 Å². The van der Waals surface area contributed by atoms with Gasteiger partial charge in [-0.3, -0.25) is 9.89 Å². The van der Waals surface area contributed by atoms with E-state index in [2.05, 4.69) is 9.98 Å². The first-order valence-corrected chi connectivity index (χ1v) is 7.91. The summed E-state index contributed by atoms with van der Waals surface area (Å²) in [6.45, 7) is 8.90. The number of ether oxygens (including phenoxy) is 1. The van der Waals surface area contributed by atoms with Gasteiger partial charge in [-0.2, -0.15) is 0 Å². The molecule has 0 aromatic carbocycles. The minimum atomic E-state index is -0.513. The van der Waals surface area contributed by atoms with E-state index in [1.165, 1.54) is 11.3 Å². The zero-order chi connectivity index (χ0) is 16.2. The molecule has 1 aromatic heterocycles. The van der Waals surface area contributed by atoms with Gasteiger partial charge in [0.05, 0.1) is 0 Å². The van der Waals surface area contributed by atoms with Crippen molar-refractivity contribution in [3.8, 4) is 0 Å². The summed E-state index contributed by atoms with van der Waals surface area (Å²) in [5.74, 6) is 0.608. The van der Waals surface area contributed by atoms with E-state index < -0.39 is 5.60 Å². The number of nitrogens with zero attached hydrogens (tertiary/aromatic N) is 3. The Morgan fingerprint density at radius 3 is 2.59 bits per heavy atom. The summed E-state index contributed by atoms with van der Waals surface area (Å²) in [5.41, 5.74) is 1.65. The Labute approximate surface area is 132 Å². The van der Waals surface area contributed by atoms with Gasteiger partial charge in [0.15, 0.2) is 0 Å². The Bertz CT molecular complexity index is 544. The molecule has 0 saturated carbocycles. The number of hydrogen-bond acceptors (Lipinski definition) is 4. The molecule has 2 heterocycles. The molecule has 0 radical (unpaired) electrons. The summed E-state index contributed by atoms with van der Waals surface area (Å²) < 4.78 is 5.41. The summed E-state index contributed by atoms with van der Waals surface area (Å²) in [5, 5.41) is 0. The van der Waals surface area contributed by atoms with Gasteiger partial charge in [-0.1, -0.05) is 0 Å². The maximum Gasteiger partial charge on any atom is 0.415 e. The fraction of sp³-hybridized carbons (Fsp3) is 0.588. The number of rotatable bonds is 3. The largest absolute Gasteiger partial charge is 0.443 e. The van der Waals surface area contributed by atoms with Crippen molar-refractivity contribution < 1.29 is 9.53 Å². The molecule has 0 spiro atoms. The zero-order valence-electron chi connectivity index (χ0n) is 13.9. The second kappa shape index (κ2) is 6.90. The predicted molar refractivity (Wildman–Crippen MR) is 88.7 cm³/mol. The van der Waals surface area contributed by atoms with Gasteiger partial charge in [0, 0.05) is 30.6 Å². The number of anilines is 1. The van der Waals surface area contributed by atoms with Gasteiger partial charge in [0.2, 0.25) is 0 Å². The molecule has 0 fully saturated rings. The van der Waals surface area contributed by atoms with Crippen molar-refractivity contribution in [1.29, 1.82) is 0 Å². The number of carbonyl (C=O) groups is 1. The molecule has 5 heteroatoms. The van der Waals surface area contributed by atoms with E-state index in [1.807, 2.05) is 39.8 Å². The maximum absolute atomic E-state index is 12.2. The minimum absolute atomic E-state index is 0.370. The molecule has 2 rings (SSSR count). The molecule has 0 saturated heterocycles. The van der Waals surface area contributed by atoms with Crippen molar-refractivity contribution in [3.63, 3.8) is 0 Å². The quantitative estimate of drug-likeness (QED) is 0.853. The third-order valence-corrected chi connectivity index (χ3v) is 3.41. The third kappa shape index (κ3) is 4.29. The molecular formula is C17H25N3O2. The third-order valence-electron chi connectivity index (χ3n) is 3.41. The average Bonchev–Trinajstić information content (AvgIpc) is 2.48. The molecule has 1 aromatic rings. The first-order chi connectivity index (χ1) is 10.4. The van der Waals surface area contributed by atoms with Gasteiger partial charge in [-0.25, -0.2) is 9.78 Å². The summed E-state index contributed by atoms with van der Waals surface area (Å²) in [6, 6.07) is 3.85. The lowest BCUT2D eigenvalue weighted by Crippen LogP contribution is -2.37. The number of carbonyl (C=O) groups excluding carboxylic acids is 1. The average molecular weight is 303 g/mol. The molecule has 0 unspecified atom stereocenters. The maximum atomic E-state index is 12.2. The zero-order valence-corrected chi connectivity index (χ0v) is 13.9. The number of aliphatic imine (C=N–C) groups is 1. The molecule has 1 aliphatic rings. The van der Waals surface area contributed by atoms with Crippen LogP contribution in [0.1, 0.15) is 52.5 Å². The van der Waals surface area contributed by atoms with Crippen LogP contribution in [0.15, 0.2) is 23.3 Å². The first kappa shape index (κ1) is 16.5. The van der Waals surface area contributed by atoms with E-state index in [9.17, 15) is 4.79 Å². The number of pyridine rings is 1. The van der Waals surface area contributed by atoms with Crippen molar-refractivity contribution in [2.45, 2.75) is 52.6 Å². The van der Waals surface area contributed by atoms with Crippen LogP contribution in [0.5, 0.6) is 0 Å². The van der Waals surface area contributed by atoms with Crippen LogP contribution >= 0.6 is 0 Å². The highest BCUT2D eigenvalue weighted by Gasteiger charge is 2.23. The minimum Gasteiger partial charge on any atom is -0.443 e. The van der Waals surface area contributed by atoms with Crippen LogP contribution in [-0.2, 0) is 4.74 Å². The fourth-order valence-corrected chi connectivity index (χ4v) is 2.35. The molecule has 22 heavy (non-hydrogen) atoms. The SMILES string of the molecule is CCN(C(=O)OC(C)(C)C)c1ccc(C2=NCCCC2)cn1. The molecule has 1 aliphatic heterocycles. The van der Waals surface area contributed by atoms with E-state index in [0.29, 0.717) is 12.4 Å². The highest BCUT2D eigenvalue weighted by atomic mass is 16.6. The summed E-state index contributed by atoms with van der Waals surface area (Å²) in [7, 11) is 0. The van der Waals surface area contributed by atoms with E-state index in [0.717, 1.165) is 30.7 Å². The summed E-state index contributed by atoms with van der Waals surface area (Å²) in [4.78, 5) is 22.7. The smallest absolute Gasteiger partial charge is 0.415 e. The van der Waals surface area contributed by atoms with Crippen LogP contribution < -0.4 is 4.90 Å². The summed E-state index contributed by atoms with van der Waals surface area (Å²) >= 11 is 0. The van der Waals surface area contributed by atoms with Crippen molar-refractivity contribution in [2.75, 3.05) is 18.0 Å². The number of aromatic nitrogens is 1. The molecule has 0 aliphatic carbocycles. The highest BCUT2D eigenvalue weighted by Crippen LogP contribution is 2.18. The van der Waals surface area contributed by atoms with Gasteiger partial charge in [0.1, 0.15) is 11.4 Å². The lowest BCUT2D eigenvalue weighted by Gasteiger charge is -2.26. The monoisotopic (exact) mass is 303 g/mol. The molecule has 5 nitrogen and oxygen atoms in total. The second-order valence-corrected chi connectivity index (χ2v) is 6.42. The van der Waals surface area contributed by atoms with Crippen LogP contribution in [0.2, 0.25) is 0 Å². The second-order valence-electron chi connectivity index (χ2n) is 6.42. The summed E-state index contributed by atoms with van der Waals surface area (Å²) in [6.07, 6.45) is 4.78. The van der Waals surface area contributed by atoms with Gasteiger partial charge in [-0.05, 0) is 59.1 Å². The van der Waals surface area contributed by atoms with Gasteiger partial charge in [0.25, 0.3) is 0 Å². The Morgan fingerprint density at radius 1 is 1.32 bits per heavy atom. The molecule has 0 bridgehead atoms. The van der Waals surface area contributed by atoms with Crippen molar-refractivity contribution >= 4 is 17.6 Å².